The molecule has 0 saturated carbocycles. The minimum Gasteiger partial charge on any atom is -0.497 e. The molecular weight excluding hydrogens is 304 g/mol. The molecule has 0 aliphatic rings. The van der Waals surface area contributed by atoms with E-state index in [1.54, 1.807) is 7.11 Å². The van der Waals surface area contributed by atoms with Crippen molar-refractivity contribution in [3.63, 3.8) is 0 Å². The molecule has 2 aromatic carbocycles. The zero-order valence-corrected chi connectivity index (χ0v) is 12.9. The van der Waals surface area contributed by atoms with Crippen LogP contribution >= 0.6 is 22.9 Å². The van der Waals surface area contributed by atoms with Gasteiger partial charge < -0.3 is 10.5 Å². The van der Waals surface area contributed by atoms with Gasteiger partial charge in [-0.05, 0) is 42.0 Å². The number of ether oxygens (including phenoxy) is 1. The van der Waals surface area contributed by atoms with Crippen molar-refractivity contribution in [1.82, 2.24) is 4.98 Å². The lowest BCUT2D eigenvalue weighted by atomic mass is 10.1. The Hall–Kier alpha value is -2.04. The van der Waals surface area contributed by atoms with Gasteiger partial charge in [0.1, 0.15) is 5.75 Å². The predicted molar refractivity (Wildman–Crippen MR) is 89.0 cm³/mol. The van der Waals surface area contributed by atoms with Gasteiger partial charge in [-0.2, -0.15) is 0 Å². The van der Waals surface area contributed by atoms with E-state index in [9.17, 15) is 0 Å². The smallest absolute Gasteiger partial charge is 0.181 e. The highest BCUT2D eigenvalue weighted by atomic mass is 35.5. The highest BCUT2D eigenvalue weighted by Gasteiger charge is 2.13. The van der Waals surface area contributed by atoms with Gasteiger partial charge in [-0.25, -0.2) is 4.98 Å². The van der Waals surface area contributed by atoms with E-state index >= 15 is 0 Å². The van der Waals surface area contributed by atoms with Crippen LogP contribution in [0.15, 0.2) is 48.5 Å². The number of methoxy groups -OCH3 is 1. The zero-order valence-electron chi connectivity index (χ0n) is 11.3. The predicted octanol–water partition coefficient (Wildman–Crippen LogP) is 4.72. The van der Waals surface area contributed by atoms with Gasteiger partial charge in [0.15, 0.2) is 5.13 Å². The first-order chi connectivity index (χ1) is 10.2. The molecule has 0 aliphatic carbocycles. The first-order valence-electron chi connectivity index (χ1n) is 6.34. The number of hydrogen-bond donors (Lipinski definition) is 1. The lowest BCUT2D eigenvalue weighted by Gasteiger charge is -2.04. The molecule has 0 spiro atoms. The molecule has 2 N–H and O–H groups in total. The van der Waals surface area contributed by atoms with Crippen LogP contribution in [0.25, 0.3) is 21.7 Å². The summed E-state index contributed by atoms with van der Waals surface area (Å²) in [5.41, 5.74) is 8.84. The summed E-state index contributed by atoms with van der Waals surface area (Å²) < 4.78 is 5.18. The summed E-state index contributed by atoms with van der Waals surface area (Å²) in [7, 11) is 1.65. The Morgan fingerprint density at radius 1 is 1.00 bits per heavy atom. The molecule has 0 aliphatic heterocycles. The number of benzene rings is 2. The Kier molecular flexibility index (Phi) is 3.82. The van der Waals surface area contributed by atoms with Crippen molar-refractivity contribution in [3.8, 4) is 27.4 Å². The Labute approximate surface area is 132 Å². The van der Waals surface area contributed by atoms with Gasteiger partial charge in [-0.15, -0.1) is 0 Å². The molecule has 1 heterocycles. The zero-order chi connectivity index (χ0) is 14.8. The van der Waals surface area contributed by atoms with Gasteiger partial charge in [0, 0.05) is 10.6 Å². The summed E-state index contributed by atoms with van der Waals surface area (Å²) in [6.07, 6.45) is 0. The third-order valence-corrected chi connectivity index (χ3v) is 4.30. The van der Waals surface area contributed by atoms with Crippen LogP contribution < -0.4 is 10.5 Å². The second kappa shape index (κ2) is 5.76. The van der Waals surface area contributed by atoms with Crippen molar-refractivity contribution in [2.75, 3.05) is 12.8 Å². The van der Waals surface area contributed by atoms with Crippen LogP contribution in [0.5, 0.6) is 5.75 Å². The maximum Gasteiger partial charge on any atom is 0.181 e. The fraction of sp³-hybridized carbons (Fsp3) is 0.0625. The van der Waals surface area contributed by atoms with Crippen LogP contribution in [0.3, 0.4) is 0 Å². The van der Waals surface area contributed by atoms with Crippen LogP contribution in [0.2, 0.25) is 5.02 Å². The van der Waals surface area contributed by atoms with E-state index in [1.165, 1.54) is 11.3 Å². The fourth-order valence-corrected chi connectivity index (χ4v) is 3.06. The number of thiazole rings is 1. The van der Waals surface area contributed by atoms with Crippen LogP contribution in [0, 0.1) is 0 Å². The van der Waals surface area contributed by atoms with Gasteiger partial charge in [0.05, 0.1) is 17.7 Å². The van der Waals surface area contributed by atoms with Crippen molar-refractivity contribution in [3.05, 3.63) is 53.6 Å². The van der Waals surface area contributed by atoms with Crippen LogP contribution in [-0.4, -0.2) is 12.1 Å². The van der Waals surface area contributed by atoms with Crippen molar-refractivity contribution < 1.29 is 4.74 Å². The molecule has 5 heteroatoms. The normalized spacial score (nSPS) is 10.6. The number of nitrogen functional groups attached to an aromatic ring is 1. The molecular formula is C16H13ClN2OS. The van der Waals surface area contributed by atoms with Crippen LogP contribution in [0.1, 0.15) is 0 Å². The summed E-state index contributed by atoms with van der Waals surface area (Å²) in [5, 5.41) is 1.26. The Balaban J connectivity index is 2.08. The largest absolute Gasteiger partial charge is 0.497 e. The van der Waals surface area contributed by atoms with E-state index < -0.39 is 0 Å². The lowest BCUT2D eigenvalue weighted by Crippen LogP contribution is -1.86. The molecule has 0 bridgehead atoms. The quantitative estimate of drug-likeness (QED) is 0.760. The minimum atomic E-state index is 0.547. The van der Waals surface area contributed by atoms with Crippen LogP contribution in [0.4, 0.5) is 5.13 Å². The van der Waals surface area contributed by atoms with Gasteiger partial charge in [0.2, 0.25) is 0 Å². The topological polar surface area (TPSA) is 48.1 Å². The fourth-order valence-electron chi connectivity index (χ4n) is 2.08. The number of nitrogens with zero attached hydrogens (tertiary/aromatic N) is 1. The number of aromatic nitrogens is 1. The molecule has 0 unspecified atom stereocenters. The van der Waals surface area contributed by atoms with E-state index in [-0.39, 0.29) is 0 Å². The molecule has 1 aromatic heterocycles. The van der Waals surface area contributed by atoms with Gasteiger partial charge >= 0.3 is 0 Å². The highest BCUT2D eigenvalue weighted by molar-refractivity contribution is 7.19. The summed E-state index contributed by atoms with van der Waals surface area (Å²) in [6.45, 7) is 0. The minimum absolute atomic E-state index is 0.547. The van der Waals surface area contributed by atoms with Crippen molar-refractivity contribution in [1.29, 1.82) is 0 Å². The number of anilines is 1. The number of nitrogens with two attached hydrogens (primary N) is 1. The lowest BCUT2D eigenvalue weighted by molar-refractivity contribution is 0.415. The molecule has 0 radical (unpaired) electrons. The monoisotopic (exact) mass is 316 g/mol. The average Bonchev–Trinajstić information content (AvgIpc) is 2.90. The molecule has 0 fully saturated rings. The van der Waals surface area contributed by atoms with E-state index in [2.05, 4.69) is 4.98 Å². The molecule has 106 valence electrons. The third kappa shape index (κ3) is 2.86. The first kappa shape index (κ1) is 13.9. The Morgan fingerprint density at radius 3 is 2.24 bits per heavy atom. The summed E-state index contributed by atoms with van der Waals surface area (Å²) in [5.74, 6) is 0.815. The standard InChI is InChI=1S/C16H13ClN2OS/c1-20-13-8-4-10(5-9-13)14-15(21-16(18)19-14)11-2-6-12(17)7-3-11/h2-9H,1H3,(H2,18,19). The molecule has 3 aromatic rings. The van der Waals surface area contributed by atoms with Gasteiger partial charge in [0.25, 0.3) is 0 Å². The van der Waals surface area contributed by atoms with Crippen molar-refractivity contribution in [2.24, 2.45) is 0 Å². The summed E-state index contributed by atoms with van der Waals surface area (Å²) in [6, 6.07) is 15.5. The SMILES string of the molecule is COc1ccc(-c2nc(N)sc2-c2ccc(Cl)cc2)cc1. The third-order valence-electron chi connectivity index (χ3n) is 3.11. The molecule has 0 atom stereocenters. The Bertz CT molecular complexity index is 751. The molecule has 21 heavy (non-hydrogen) atoms. The van der Waals surface area contributed by atoms with E-state index in [0.717, 1.165) is 27.4 Å². The van der Waals surface area contributed by atoms with Gasteiger partial charge in [-0.3, -0.25) is 0 Å². The molecule has 3 rings (SSSR count). The summed E-state index contributed by atoms with van der Waals surface area (Å²) >= 11 is 7.41. The summed E-state index contributed by atoms with van der Waals surface area (Å²) in [4.78, 5) is 5.49. The molecule has 0 amide bonds. The second-order valence-electron chi connectivity index (χ2n) is 4.47. The highest BCUT2D eigenvalue weighted by Crippen LogP contribution is 2.38. The van der Waals surface area contributed by atoms with Crippen LogP contribution in [-0.2, 0) is 0 Å². The van der Waals surface area contributed by atoms with Crippen molar-refractivity contribution in [2.45, 2.75) is 0 Å². The number of halogens is 1. The van der Waals surface area contributed by atoms with Crippen molar-refractivity contribution >= 4 is 28.1 Å². The molecule has 3 nitrogen and oxygen atoms in total. The molecule has 0 saturated heterocycles. The maximum atomic E-state index is 5.94. The second-order valence-corrected chi connectivity index (χ2v) is 5.93. The maximum absolute atomic E-state index is 5.94. The Morgan fingerprint density at radius 2 is 1.62 bits per heavy atom. The van der Waals surface area contributed by atoms with E-state index in [1.807, 2.05) is 48.5 Å². The van der Waals surface area contributed by atoms with E-state index in [4.69, 9.17) is 22.1 Å². The average molecular weight is 317 g/mol. The van der Waals surface area contributed by atoms with E-state index in [0.29, 0.717) is 10.2 Å². The number of hydrogen-bond acceptors (Lipinski definition) is 4. The van der Waals surface area contributed by atoms with Gasteiger partial charge in [-0.1, -0.05) is 35.1 Å². The number of rotatable bonds is 3. The first-order valence-corrected chi connectivity index (χ1v) is 7.53.